The van der Waals surface area contributed by atoms with E-state index < -0.39 is 17.5 Å². The van der Waals surface area contributed by atoms with Gasteiger partial charge in [-0.2, -0.15) is 5.01 Å². The van der Waals surface area contributed by atoms with Crippen LogP contribution in [-0.2, 0) is 15.1 Å². The Labute approximate surface area is 173 Å². The van der Waals surface area contributed by atoms with Crippen molar-refractivity contribution >= 4 is 29.2 Å². The molecule has 0 aliphatic carbocycles. The van der Waals surface area contributed by atoms with E-state index in [1.165, 1.54) is 4.88 Å². The third-order valence-corrected chi connectivity index (χ3v) is 6.68. The Balaban J connectivity index is 1.46. The van der Waals surface area contributed by atoms with Crippen molar-refractivity contribution in [1.82, 2.24) is 20.7 Å². The summed E-state index contributed by atoms with van der Waals surface area (Å²) in [6.45, 7) is 2.80. The van der Waals surface area contributed by atoms with Gasteiger partial charge in [0.15, 0.2) is 0 Å². The van der Waals surface area contributed by atoms with Crippen LogP contribution in [0.4, 0.5) is 4.79 Å². The molecule has 0 saturated carbocycles. The molecule has 0 unspecified atom stereocenters. The van der Waals surface area contributed by atoms with Crippen molar-refractivity contribution in [2.45, 2.75) is 37.8 Å². The molecule has 8 heteroatoms. The lowest BCUT2D eigenvalue weighted by atomic mass is 9.87. The van der Waals surface area contributed by atoms with Crippen LogP contribution in [0.2, 0.25) is 0 Å². The van der Waals surface area contributed by atoms with Gasteiger partial charge in [0.1, 0.15) is 5.54 Å². The second kappa shape index (κ2) is 7.96. The number of hydrogen-bond acceptors (Lipinski definition) is 5. The number of carbonyl (C=O) groups excluding carboxylic acids is 3. The number of nitrogens with one attached hydrogen (secondary N) is 2. The van der Waals surface area contributed by atoms with Crippen LogP contribution in [0, 0.1) is 0 Å². The predicted octanol–water partition coefficient (Wildman–Crippen LogP) is 2.77. The first-order valence-corrected chi connectivity index (χ1v) is 10.7. The first kappa shape index (κ1) is 19.6. The number of carbonyl (C=O) groups is 3. The van der Waals surface area contributed by atoms with E-state index in [2.05, 4.69) is 21.7 Å². The smallest absolute Gasteiger partial charge is 0.318 e. The fourth-order valence-corrected chi connectivity index (χ4v) is 5.10. The van der Waals surface area contributed by atoms with Gasteiger partial charge < -0.3 is 5.32 Å². The third-order valence-electron chi connectivity index (χ3n) is 5.71. The van der Waals surface area contributed by atoms with E-state index in [0.29, 0.717) is 12.0 Å². The van der Waals surface area contributed by atoms with E-state index >= 15 is 0 Å². The molecule has 3 heterocycles. The average Bonchev–Trinajstić information content (AvgIpc) is 3.45. The summed E-state index contributed by atoms with van der Waals surface area (Å²) in [6.07, 6.45) is 2.41. The van der Waals surface area contributed by atoms with Gasteiger partial charge in [-0.05, 0) is 42.8 Å². The van der Waals surface area contributed by atoms with Crippen molar-refractivity contribution in [1.29, 1.82) is 0 Å². The summed E-state index contributed by atoms with van der Waals surface area (Å²) in [4.78, 5) is 41.6. The molecule has 29 heavy (non-hydrogen) atoms. The summed E-state index contributed by atoms with van der Waals surface area (Å²) in [5.41, 5.74) is 2.07. The van der Waals surface area contributed by atoms with Gasteiger partial charge in [0.25, 0.3) is 11.8 Å². The van der Waals surface area contributed by atoms with Gasteiger partial charge in [-0.1, -0.05) is 43.3 Å². The van der Waals surface area contributed by atoms with Gasteiger partial charge in [0.2, 0.25) is 0 Å². The van der Waals surface area contributed by atoms with Crippen molar-refractivity contribution < 1.29 is 14.4 Å². The first-order valence-electron chi connectivity index (χ1n) is 9.84. The maximum absolute atomic E-state index is 13.1. The Kier molecular flexibility index (Phi) is 5.38. The summed E-state index contributed by atoms with van der Waals surface area (Å²) in [6, 6.07) is 12.8. The van der Waals surface area contributed by atoms with Gasteiger partial charge in [-0.15, -0.1) is 11.3 Å². The molecule has 7 nitrogen and oxygen atoms in total. The molecule has 2 fully saturated rings. The molecule has 152 valence electrons. The number of nitrogens with zero attached hydrogens (tertiary/aromatic N) is 2. The molecule has 2 aliphatic rings. The lowest BCUT2D eigenvalue weighted by Crippen LogP contribution is -2.51. The van der Waals surface area contributed by atoms with Crippen LogP contribution < -0.4 is 10.7 Å². The SMILES string of the molecule is CC[C@@]1(c2ccccc2)NC(=O)N(NC(=O)CN2CCC[C@@H]2c2cccs2)C1=O. The Morgan fingerprint density at radius 2 is 2.03 bits per heavy atom. The molecular formula is C21H24N4O3S. The van der Waals surface area contributed by atoms with Crippen molar-refractivity contribution in [2.24, 2.45) is 0 Å². The summed E-state index contributed by atoms with van der Waals surface area (Å²) in [5.74, 6) is -0.822. The average molecular weight is 413 g/mol. The molecular weight excluding hydrogens is 388 g/mol. The highest BCUT2D eigenvalue weighted by Gasteiger charge is 2.52. The van der Waals surface area contributed by atoms with Crippen LogP contribution in [-0.4, -0.2) is 40.8 Å². The van der Waals surface area contributed by atoms with Gasteiger partial charge in [0.05, 0.1) is 6.54 Å². The minimum Gasteiger partial charge on any atom is -0.318 e. The Morgan fingerprint density at radius 3 is 2.72 bits per heavy atom. The number of amides is 4. The second-order valence-corrected chi connectivity index (χ2v) is 8.35. The van der Waals surface area contributed by atoms with Crippen molar-refractivity contribution in [3.8, 4) is 0 Å². The van der Waals surface area contributed by atoms with Crippen LogP contribution in [0.25, 0.3) is 0 Å². The van der Waals surface area contributed by atoms with Gasteiger partial charge in [0, 0.05) is 10.9 Å². The summed E-state index contributed by atoms with van der Waals surface area (Å²) < 4.78 is 0. The van der Waals surface area contributed by atoms with Crippen LogP contribution in [0.15, 0.2) is 47.8 Å². The number of likely N-dealkylation sites (tertiary alicyclic amines) is 1. The lowest BCUT2D eigenvalue weighted by Gasteiger charge is -2.26. The lowest BCUT2D eigenvalue weighted by molar-refractivity contribution is -0.140. The molecule has 2 aliphatic heterocycles. The zero-order chi connectivity index (χ0) is 20.4. The third kappa shape index (κ3) is 3.54. The highest BCUT2D eigenvalue weighted by atomic mass is 32.1. The number of benzene rings is 1. The van der Waals surface area contributed by atoms with Crippen LogP contribution in [0.1, 0.15) is 42.7 Å². The highest BCUT2D eigenvalue weighted by molar-refractivity contribution is 7.10. The van der Waals surface area contributed by atoms with Crippen molar-refractivity contribution in [2.75, 3.05) is 13.1 Å². The largest absolute Gasteiger partial charge is 0.344 e. The molecule has 0 radical (unpaired) electrons. The Hall–Kier alpha value is -2.71. The monoisotopic (exact) mass is 412 g/mol. The van der Waals surface area contributed by atoms with Gasteiger partial charge in [-0.3, -0.25) is 19.9 Å². The molecule has 0 spiro atoms. The maximum atomic E-state index is 13.1. The zero-order valence-corrected chi connectivity index (χ0v) is 17.1. The summed E-state index contributed by atoms with van der Waals surface area (Å²) in [7, 11) is 0. The number of rotatable bonds is 6. The van der Waals surface area contributed by atoms with Gasteiger partial charge >= 0.3 is 6.03 Å². The first-order chi connectivity index (χ1) is 14.0. The molecule has 0 bridgehead atoms. The van der Waals surface area contributed by atoms with Crippen molar-refractivity contribution in [3.63, 3.8) is 0 Å². The quantitative estimate of drug-likeness (QED) is 0.715. The highest BCUT2D eigenvalue weighted by Crippen LogP contribution is 2.34. The number of hydrazine groups is 1. The molecule has 1 aromatic heterocycles. The summed E-state index contributed by atoms with van der Waals surface area (Å²) >= 11 is 1.68. The van der Waals surface area contributed by atoms with E-state index in [1.54, 1.807) is 11.3 Å². The van der Waals surface area contributed by atoms with Crippen LogP contribution >= 0.6 is 11.3 Å². The maximum Gasteiger partial charge on any atom is 0.344 e. The molecule has 2 saturated heterocycles. The molecule has 1 aromatic carbocycles. The van der Waals surface area contributed by atoms with E-state index in [-0.39, 0.29) is 18.5 Å². The second-order valence-electron chi connectivity index (χ2n) is 7.37. The predicted molar refractivity (Wildman–Crippen MR) is 110 cm³/mol. The van der Waals surface area contributed by atoms with Crippen LogP contribution in [0.3, 0.4) is 0 Å². The normalized spacial score (nSPS) is 24.7. The zero-order valence-electron chi connectivity index (χ0n) is 16.3. The minimum atomic E-state index is -1.15. The van der Waals surface area contributed by atoms with Gasteiger partial charge in [-0.25, -0.2) is 4.79 Å². The van der Waals surface area contributed by atoms with E-state index in [1.807, 2.05) is 48.7 Å². The molecule has 2 N–H and O–H groups in total. The Bertz CT molecular complexity index is 902. The minimum absolute atomic E-state index is 0.143. The molecule has 2 aromatic rings. The fourth-order valence-electron chi connectivity index (χ4n) is 4.20. The van der Waals surface area contributed by atoms with Crippen molar-refractivity contribution in [3.05, 3.63) is 58.3 Å². The topological polar surface area (TPSA) is 81.8 Å². The number of hydrogen-bond donors (Lipinski definition) is 2. The molecule has 2 atom stereocenters. The fraction of sp³-hybridized carbons (Fsp3) is 0.381. The molecule has 4 rings (SSSR count). The number of urea groups is 1. The number of imide groups is 1. The van der Waals surface area contributed by atoms with E-state index in [4.69, 9.17) is 0 Å². The number of thiophene rings is 1. The Morgan fingerprint density at radius 1 is 1.24 bits per heavy atom. The van der Waals surface area contributed by atoms with E-state index in [9.17, 15) is 14.4 Å². The summed E-state index contributed by atoms with van der Waals surface area (Å²) in [5, 5.41) is 5.64. The standard InChI is InChI=1S/C21H24N4O3S/c1-2-21(15-8-4-3-5-9-15)19(27)25(20(28)22-21)23-18(26)14-24-12-6-10-16(24)17-11-7-13-29-17/h3-5,7-9,11,13,16H,2,6,10,12,14H2,1H3,(H,22,28)(H,23,26)/t16-,21+/m1/s1. The van der Waals surface area contributed by atoms with Crippen LogP contribution in [0.5, 0.6) is 0 Å². The van der Waals surface area contributed by atoms with E-state index in [0.717, 1.165) is 24.4 Å². The molecule has 4 amide bonds.